The van der Waals surface area contributed by atoms with E-state index in [1.807, 2.05) is 4.90 Å². The Morgan fingerprint density at radius 2 is 1.89 bits per heavy atom. The molecule has 0 bridgehead atoms. The summed E-state index contributed by atoms with van der Waals surface area (Å²) in [4.78, 5) is 2.01. The SMILES string of the molecule is C=C[C@@H](c1c(F)cc(OC)cc1F)N1CCNCC1. The zero-order valence-corrected chi connectivity index (χ0v) is 11.0. The van der Waals surface area contributed by atoms with Crippen LogP contribution < -0.4 is 10.1 Å². The van der Waals surface area contributed by atoms with Crippen LogP contribution in [-0.4, -0.2) is 38.2 Å². The summed E-state index contributed by atoms with van der Waals surface area (Å²) in [5.41, 5.74) is 0.0395. The minimum absolute atomic E-state index is 0.0395. The Morgan fingerprint density at radius 3 is 2.37 bits per heavy atom. The predicted octanol–water partition coefficient (Wildman–Crippen LogP) is 2.11. The van der Waals surface area contributed by atoms with Crippen molar-refractivity contribution < 1.29 is 13.5 Å². The Bertz CT molecular complexity index is 436. The van der Waals surface area contributed by atoms with Crippen molar-refractivity contribution >= 4 is 0 Å². The molecule has 0 saturated carbocycles. The molecule has 1 N–H and O–H groups in total. The Hall–Kier alpha value is -1.46. The zero-order valence-electron chi connectivity index (χ0n) is 11.0. The molecular weight excluding hydrogens is 250 g/mol. The van der Waals surface area contributed by atoms with Crippen LogP contribution in [0.5, 0.6) is 5.75 Å². The molecule has 0 aliphatic carbocycles. The molecule has 0 spiro atoms. The molecule has 1 aliphatic rings. The second kappa shape index (κ2) is 6.12. The smallest absolute Gasteiger partial charge is 0.134 e. The molecule has 1 heterocycles. The second-order valence-electron chi connectivity index (χ2n) is 4.47. The van der Waals surface area contributed by atoms with Gasteiger partial charge >= 0.3 is 0 Å². The topological polar surface area (TPSA) is 24.5 Å². The first-order chi connectivity index (χ1) is 9.17. The lowest BCUT2D eigenvalue weighted by Crippen LogP contribution is -2.45. The molecule has 104 valence electrons. The van der Waals surface area contributed by atoms with Gasteiger partial charge in [-0.2, -0.15) is 0 Å². The van der Waals surface area contributed by atoms with E-state index in [2.05, 4.69) is 11.9 Å². The van der Waals surface area contributed by atoms with E-state index in [4.69, 9.17) is 4.74 Å². The van der Waals surface area contributed by atoms with Gasteiger partial charge in [0.05, 0.1) is 13.2 Å². The van der Waals surface area contributed by atoms with Crippen molar-refractivity contribution in [3.05, 3.63) is 42.0 Å². The highest BCUT2D eigenvalue weighted by molar-refractivity contribution is 5.34. The number of nitrogens with zero attached hydrogens (tertiary/aromatic N) is 1. The summed E-state index contributed by atoms with van der Waals surface area (Å²) in [5, 5.41) is 3.21. The van der Waals surface area contributed by atoms with Crippen LogP contribution in [0.1, 0.15) is 11.6 Å². The third kappa shape index (κ3) is 2.93. The third-order valence-corrected chi connectivity index (χ3v) is 3.35. The van der Waals surface area contributed by atoms with E-state index < -0.39 is 17.7 Å². The highest BCUT2D eigenvalue weighted by Crippen LogP contribution is 2.30. The molecule has 0 unspecified atom stereocenters. The summed E-state index contributed by atoms with van der Waals surface area (Å²) in [6.07, 6.45) is 1.58. The van der Waals surface area contributed by atoms with Crippen LogP contribution in [-0.2, 0) is 0 Å². The zero-order chi connectivity index (χ0) is 13.8. The number of benzene rings is 1. The van der Waals surface area contributed by atoms with Gasteiger partial charge in [-0.3, -0.25) is 4.90 Å². The predicted molar refractivity (Wildman–Crippen MR) is 70.3 cm³/mol. The van der Waals surface area contributed by atoms with E-state index >= 15 is 0 Å². The number of ether oxygens (including phenoxy) is 1. The first-order valence-electron chi connectivity index (χ1n) is 6.27. The fourth-order valence-electron chi connectivity index (χ4n) is 2.37. The van der Waals surface area contributed by atoms with Gasteiger partial charge in [0.1, 0.15) is 17.4 Å². The highest BCUT2D eigenvalue weighted by Gasteiger charge is 2.25. The summed E-state index contributed by atoms with van der Waals surface area (Å²) in [6.45, 7) is 6.80. The van der Waals surface area contributed by atoms with Gasteiger partial charge in [0.2, 0.25) is 0 Å². The summed E-state index contributed by atoms with van der Waals surface area (Å²) >= 11 is 0. The average Bonchev–Trinajstić information content (AvgIpc) is 2.43. The van der Waals surface area contributed by atoms with Crippen molar-refractivity contribution in [1.82, 2.24) is 10.2 Å². The van der Waals surface area contributed by atoms with Crippen molar-refractivity contribution in [3.8, 4) is 5.75 Å². The van der Waals surface area contributed by atoms with E-state index in [1.54, 1.807) is 6.08 Å². The average molecular weight is 268 g/mol. The first-order valence-corrected chi connectivity index (χ1v) is 6.27. The van der Waals surface area contributed by atoms with Gasteiger partial charge in [0.15, 0.2) is 0 Å². The van der Waals surface area contributed by atoms with Gasteiger partial charge in [-0.15, -0.1) is 6.58 Å². The minimum atomic E-state index is -0.597. The van der Waals surface area contributed by atoms with Crippen molar-refractivity contribution in [2.45, 2.75) is 6.04 Å². The number of nitrogens with one attached hydrogen (secondary N) is 1. The van der Waals surface area contributed by atoms with Crippen molar-refractivity contribution in [2.75, 3.05) is 33.3 Å². The maximum Gasteiger partial charge on any atom is 0.134 e. The number of rotatable bonds is 4. The summed E-state index contributed by atoms with van der Waals surface area (Å²) in [6, 6.07) is 1.96. The van der Waals surface area contributed by atoms with Crippen LogP contribution in [0.25, 0.3) is 0 Å². The molecule has 1 aromatic rings. The fraction of sp³-hybridized carbons (Fsp3) is 0.429. The minimum Gasteiger partial charge on any atom is -0.497 e. The van der Waals surface area contributed by atoms with E-state index in [-0.39, 0.29) is 11.3 Å². The van der Waals surface area contributed by atoms with Gasteiger partial charge in [0.25, 0.3) is 0 Å². The fourth-order valence-corrected chi connectivity index (χ4v) is 2.37. The Balaban J connectivity index is 2.34. The van der Waals surface area contributed by atoms with Gasteiger partial charge in [-0.25, -0.2) is 8.78 Å². The van der Waals surface area contributed by atoms with Crippen molar-refractivity contribution in [2.24, 2.45) is 0 Å². The molecule has 2 rings (SSSR count). The lowest BCUT2D eigenvalue weighted by Gasteiger charge is -2.33. The largest absolute Gasteiger partial charge is 0.497 e. The maximum atomic E-state index is 14.1. The normalized spacial score (nSPS) is 18.1. The first kappa shape index (κ1) is 14.0. The Morgan fingerprint density at radius 1 is 1.32 bits per heavy atom. The molecular formula is C14H18F2N2O. The highest BCUT2D eigenvalue weighted by atomic mass is 19.1. The molecule has 0 radical (unpaired) electrons. The second-order valence-corrected chi connectivity index (χ2v) is 4.47. The number of hydrogen-bond acceptors (Lipinski definition) is 3. The number of methoxy groups -OCH3 is 1. The Labute approximate surface area is 111 Å². The third-order valence-electron chi connectivity index (χ3n) is 3.35. The molecule has 1 atom stereocenters. The standard InChI is InChI=1S/C14H18F2N2O/c1-3-13(18-6-4-17-5-7-18)14-11(15)8-10(19-2)9-12(14)16/h3,8-9,13,17H,1,4-7H2,2H3/t13-/m0/s1. The van der Waals surface area contributed by atoms with Gasteiger partial charge in [-0.05, 0) is 0 Å². The van der Waals surface area contributed by atoms with E-state index in [9.17, 15) is 8.78 Å². The van der Waals surface area contributed by atoms with Crippen LogP contribution in [0.4, 0.5) is 8.78 Å². The molecule has 3 nitrogen and oxygen atoms in total. The van der Waals surface area contributed by atoms with Crippen LogP contribution in [0, 0.1) is 11.6 Å². The lowest BCUT2D eigenvalue weighted by molar-refractivity contribution is 0.197. The quantitative estimate of drug-likeness (QED) is 0.846. The number of halogens is 2. The molecule has 1 aromatic carbocycles. The molecule has 1 fully saturated rings. The molecule has 0 amide bonds. The van der Waals surface area contributed by atoms with E-state index in [0.717, 1.165) is 26.2 Å². The van der Waals surface area contributed by atoms with Gasteiger partial charge in [0, 0.05) is 43.9 Å². The van der Waals surface area contributed by atoms with Gasteiger partial charge < -0.3 is 10.1 Å². The van der Waals surface area contributed by atoms with Crippen molar-refractivity contribution in [3.63, 3.8) is 0 Å². The van der Waals surface area contributed by atoms with Crippen LogP contribution in [0.2, 0.25) is 0 Å². The maximum absolute atomic E-state index is 14.1. The molecule has 5 heteroatoms. The summed E-state index contributed by atoms with van der Waals surface area (Å²) < 4.78 is 33.0. The van der Waals surface area contributed by atoms with Crippen LogP contribution in [0.3, 0.4) is 0 Å². The Kier molecular flexibility index (Phi) is 4.50. The van der Waals surface area contributed by atoms with Crippen LogP contribution in [0.15, 0.2) is 24.8 Å². The molecule has 1 saturated heterocycles. The molecule has 1 aliphatic heterocycles. The number of hydrogen-bond donors (Lipinski definition) is 1. The van der Waals surface area contributed by atoms with Crippen LogP contribution >= 0.6 is 0 Å². The molecule has 19 heavy (non-hydrogen) atoms. The van der Waals surface area contributed by atoms with E-state index in [0.29, 0.717) is 0 Å². The number of piperazine rings is 1. The monoisotopic (exact) mass is 268 g/mol. The lowest BCUT2D eigenvalue weighted by atomic mass is 10.0. The van der Waals surface area contributed by atoms with Gasteiger partial charge in [-0.1, -0.05) is 6.08 Å². The van der Waals surface area contributed by atoms with Crippen molar-refractivity contribution in [1.29, 1.82) is 0 Å². The van der Waals surface area contributed by atoms with E-state index in [1.165, 1.54) is 19.2 Å². The summed E-state index contributed by atoms with van der Waals surface area (Å²) in [7, 11) is 1.38. The molecule has 0 aromatic heterocycles. The summed E-state index contributed by atoms with van der Waals surface area (Å²) in [5.74, 6) is -1.01.